The van der Waals surface area contributed by atoms with E-state index in [9.17, 15) is 19.5 Å². The summed E-state index contributed by atoms with van der Waals surface area (Å²) >= 11 is 12.9. The summed E-state index contributed by atoms with van der Waals surface area (Å²) in [6, 6.07) is 14.4. The van der Waals surface area contributed by atoms with Crippen LogP contribution in [-0.2, 0) is 20.5 Å². The lowest BCUT2D eigenvalue weighted by molar-refractivity contribution is -0.154. The summed E-state index contributed by atoms with van der Waals surface area (Å²) in [6.45, 7) is 3.59. The van der Waals surface area contributed by atoms with Crippen LogP contribution in [0.1, 0.15) is 58.8 Å². The number of morpholine rings is 1. The van der Waals surface area contributed by atoms with Crippen LogP contribution >= 0.6 is 23.2 Å². The van der Waals surface area contributed by atoms with Crippen LogP contribution in [0, 0.1) is 0 Å². The number of hydrogen-bond donors (Lipinski definition) is 2. The Kier molecular flexibility index (Phi) is 11.2. The maximum Gasteiger partial charge on any atom is 0.334 e. The van der Waals surface area contributed by atoms with Gasteiger partial charge in [-0.25, -0.2) is 9.59 Å². The zero-order chi connectivity index (χ0) is 37.9. The van der Waals surface area contributed by atoms with Gasteiger partial charge in [0.15, 0.2) is 6.10 Å². The minimum atomic E-state index is -1.09. The number of nitrogens with one attached hydrogen (secondary N) is 1. The minimum absolute atomic E-state index is 0.0215. The van der Waals surface area contributed by atoms with Gasteiger partial charge in [0.1, 0.15) is 11.8 Å². The van der Waals surface area contributed by atoms with E-state index >= 15 is 0 Å². The molecule has 16 heteroatoms. The number of ether oxygens (including phenoxy) is 2. The number of halogens is 2. The smallest absolute Gasteiger partial charge is 0.334 e. The lowest BCUT2D eigenvalue weighted by atomic mass is 9.76. The third kappa shape index (κ3) is 7.79. The first-order valence-electron chi connectivity index (χ1n) is 18.0. The van der Waals surface area contributed by atoms with E-state index in [1.807, 2.05) is 47.4 Å². The number of aliphatic carboxylic acids is 1. The van der Waals surface area contributed by atoms with Crippen molar-refractivity contribution in [1.82, 2.24) is 25.0 Å². The number of piperidine rings is 1. The average molecular weight is 778 g/mol. The van der Waals surface area contributed by atoms with E-state index in [1.54, 1.807) is 31.8 Å². The first kappa shape index (κ1) is 37.7. The number of carboxylic acids is 1. The summed E-state index contributed by atoms with van der Waals surface area (Å²) in [6.07, 6.45) is 6.80. The number of urea groups is 1. The summed E-state index contributed by atoms with van der Waals surface area (Å²) in [5, 5.41) is 25.4. The molecule has 0 radical (unpaired) electrons. The topological polar surface area (TPSA) is 162 Å². The van der Waals surface area contributed by atoms with Crippen LogP contribution in [0.15, 0.2) is 76.4 Å². The molecule has 3 aromatic rings. The normalized spacial score (nSPS) is 23.8. The standard InChI is InChI=1S/C38H42Cl2N8O6/c1-53-32-7-4-25(31-22-42-45-44-31)19-28(32)34(49)48-16-9-37(24-48,26-5-6-29(39)30(40)20-26)8-13-46-14-10-38(11-15-46,27-3-2-12-41-21-27)43-36(52)47-17-18-54-33(23-47)35(50)51/h2-7,12,19-22,31,33H,8-11,13-18,23-24H2,1H3,(H,43,52)(H,50,51). The van der Waals surface area contributed by atoms with Crippen LogP contribution in [0.3, 0.4) is 0 Å². The van der Waals surface area contributed by atoms with Gasteiger partial charge in [-0.15, -0.1) is 5.10 Å². The predicted molar refractivity (Wildman–Crippen MR) is 201 cm³/mol. The third-order valence-corrected chi connectivity index (χ3v) is 11.9. The van der Waals surface area contributed by atoms with Gasteiger partial charge in [0, 0.05) is 50.5 Å². The molecule has 54 heavy (non-hydrogen) atoms. The number of rotatable bonds is 10. The molecule has 0 saturated carbocycles. The number of benzene rings is 2. The lowest BCUT2D eigenvalue weighted by Crippen LogP contribution is -2.59. The zero-order valence-electron chi connectivity index (χ0n) is 29.9. The van der Waals surface area contributed by atoms with E-state index < -0.39 is 23.0 Å². The van der Waals surface area contributed by atoms with Crippen molar-refractivity contribution in [3.05, 3.63) is 93.2 Å². The second-order valence-corrected chi connectivity index (χ2v) is 15.1. The molecule has 3 fully saturated rings. The van der Waals surface area contributed by atoms with Gasteiger partial charge in [-0.3, -0.25) is 9.78 Å². The molecule has 284 valence electrons. The number of methoxy groups -OCH3 is 1. The maximum atomic E-state index is 14.2. The summed E-state index contributed by atoms with van der Waals surface area (Å²) in [5.74, 6) is -0.740. The van der Waals surface area contributed by atoms with Gasteiger partial charge in [-0.05, 0) is 84.5 Å². The molecular formula is C38H42Cl2N8O6. The van der Waals surface area contributed by atoms with E-state index in [-0.39, 0.29) is 31.1 Å². The fourth-order valence-electron chi connectivity index (χ4n) is 7.99. The van der Waals surface area contributed by atoms with Crippen molar-refractivity contribution in [1.29, 1.82) is 0 Å². The number of hydrogen-bond acceptors (Lipinski definition) is 10. The number of carbonyl (C=O) groups excluding carboxylic acids is 2. The second-order valence-electron chi connectivity index (χ2n) is 14.2. The zero-order valence-corrected chi connectivity index (χ0v) is 31.4. The summed E-state index contributed by atoms with van der Waals surface area (Å²) < 4.78 is 11.0. The Labute approximate surface area is 323 Å². The molecule has 1 aromatic heterocycles. The van der Waals surface area contributed by atoms with E-state index in [0.29, 0.717) is 66.9 Å². The molecular weight excluding hydrogens is 735 g/mol. The lowest BCUT2D eigenvalue weighted by Gasteiger charge is -2.44. The molecule has 3 saturated heterocycles. The summed E-state index contributed by atoms with van der Waals surface area (Å²) in [4.78, 5) is 49.6. The molecule has 3 unspecified atom stereocenters. The van der Waals surface area contributed by atoms with E-state index in [4.69, 9.17) is 32.7 Å². The average Bonchev–Trinajstić information content (AvgIpc) is 3.91. The van der Waals surface area contributed by atoms with Crippen LogP contribution in [0.5, 0.6) is 5.75 Å². The molecule has 0 bridgehead atoms. The summed E-state index contributed by atoms with van der Waals surface area (Å²) in [7, 11) is 1.55. The summed E-state index contributed by atoms with van der Waals surface area (Å²) in [5.41, 5.74) is 2.10. The van der Waals surface area contributed by atoms with Crippen LogP contribution < -0.4 is 10.1 Å². The number of amides is 3. The van der Waals surface area contributed by atoms with Crippen LogP contribution in [0.4, 0.5) is 4.79 Å². The van der Waals surface area contributed by atoms with Crippen molar-refractivity contribution >= 4 is 47.3 Å². The van der Waals surface area contributed by atoms with Gasteiger partial charge in [-0.2, -0.15) is 5.11 Å². The quantitative estimate of drug-likeness (QED) is 0.271. The molecule has 3 atom stereocenters. The Balaban J connectivity index is 1.08. The fraction of sp³-hybridized carbons (Fsp3) is 0.447. The maximum absolute atomic E-state index is 14.2. The van der Waals surface area contributed by atoms with Gasteiger partial charge in [0.25, 0.3) is 5.91 Å². The molecule has 2 N–H and O–H groups in total. The van der Waals surface area contributed by atoms with E-state index in [1.165, 1.54) is 4.90 Å². The molecule has 0 spiro atoms. The van der Waals surface area contributed by atoms with E-state index in [2.05, 4.69) is 30.6 Å². The van der Waals surface area contributed by atoms with E-state index in [0.717, 1.165) is 36.1 Å². The van der Waals surface area contributed by atoms with Gasteiger partial charge >= 0.3 is 12.0 Å². The van der Waals surface area contributed by atoms with Crippen molar-refractivity contribution in [3.63, 3.8) is 0 Å². The van der Waals surface area contributed by atoms with Crippen molar-refractivity contribution in [2.24, 2.45) is 15.4 Å². The molecule has 0 aliphatic carbocycles. The number of likely N-dealkylation sites (tertiary alicyclic amines) is 2. The van der Waals surface area contributed by atoms with Crippen molar-refractivity contribution in [2.75, 3.05) is 59.5 Å². The highest BCUT2D eigenvalue weighted by Crippen LogP contribution is 2.42. The molecule has 14 nitrogen and oxygen atoms in total. The minimum Gasteiger partial charge on any atom is -0.496 e. The van der Waals surface area contributed by atoms with Gasteiger partial charge in [0.2, 0.25) is 0 Å². The molecule has 4 aliphatic heterocycles. The molecule has 5 heterocycles. The second kappa shape index (κ2) is 16.0. The molecule has 4 aliphatic rings. The molecule has 2 aromatic carbocycles. The SMILES string of the molecule is COc1ccc(C2C=NN=N2)cc1C(=O)N1CCC(CCN2CCC(NC(=O)N3CCOC(C(=O)O)C3)(c3cccnc3)CC2)(c2ccc(Cl)c(Cl)c2)C1. The fourth-order valence-corrected chi connectivity index (χ4v) is 8.29. The van der Waals surface area contributed by atoms with Gasteiger partial charge in [-0.1, -0.05) is 41.4 Å². The number of aromatic nitrogens is 1. The number of pyridine rings is 1. The Morgan fingerprint density at radius 1 is 1.00 bits per heavy atom. The van der Waals surface area contributed by atoms with Gasteiger partial charge in [0.05, 0.1) is 47.6 Å². The van der Waals surface area contributed by atoms with Crippen LogP contribution in [-0.4, -0.2) is 115 Å². The largest absolute Gasteiger partial charge is 0.496 e. The van der Waals surface area contributed by atoms with Crippen molar-refractivity contribution in [2.45, 2.75) is 48.8 Å². The highest BCUT2D eigenvalue weighted by molar-refractivity contribution is 6.42. The monoisotopic (exact) mass is 776 g/mol. The highest BCUT2D eigenvalue weighted by Gasteiger charge is 2.44. The first-order chi connectivity index (χ1) is 26.1. The van der Waals surface area contributed by atoms with Gasteiger partial charge < -0.3 is 34.6 Å². The molecule has 3 amide bonds. The first-order valence-corrected chi connectivity index (χ1v) is 18.8. The number of nitrogens with zero attached hydrogens (tertiary/aromatic N) is 7. The number of carboxylic acid groups (broad SMARTS) is 1. The third-order valence-electron chi connectivity index (χ3n) is 11.2. The Morgan fingerprint density at radius 2 is 1.83 bits per heavy atom. The predicted octanol–water partition coefficient (Wildman–Crippen LogP) is 5.55. The van der Waals surface area contributed by atoms with Crippen LogP contribution in [0.2, 0.25) is 10.0 Å². The number of carbonyl (C=O) groups is 3. The highest BCUT2D eigenvalue weighted by atomic mass is 35.5. The Bertz CT molecular complexity index is 1930. The molecule has 7 rings (SSSR count). The van der Waals surface area contributed by atoms with Crippen molar-refractivity contribution in [3.8, 4) is 5.75 Å². The Hall–Kier alpha value is -4.63. The van der Waals surface area contributed by atoms with Crippen LogP contribution in [0.25, 0.3) is 0 Å². The Morgan fingerprint density at radius 3 is 2.54 bits per heavy atom. The van der Waals surface area contributed by atoms with Crippen molar-refractivity contribution < 1.29 is 29.0 Å².